The fraction of sp³-hybridized carbons (Fsp3) is 0.320. The Morgan fingerprint density at radius 2 is 2.03 bits per heavy atom. The van der Waals surface area contributed by atoms with Gasteiger partial charge >= 0.3 is 5.63 Å². The average molecular weight is 421 g/mol. The lowest BCUT2D eigenvalue weighted by molar-refractivity contribution is -0.129. The number of aryl methyl sites for hydroxylation is 2. The maximum Gasteiger partial charge on any atom is 0.340 e. The highest BCUT2D eigenvalue weighted by molar-refractivity contribution is 5.89. The summed E-state index contributed by atoms with van der Waals surface area (Å²) < 4.78 is 11.5. The minimum atomic E-state index is -0.493. The molecule has 0 saturated heterocycles. The Kier molecular flexibility index (Phi) is 6.90. The van der Waals surface area contributed by atoms with Crippen LogP contribution in [0.3, 0.4) is 0 Å². The van der Waals surface area contributed by atoms with Crippen molar-refractivity contribution in [1.82, 2.24) is 9.88 Å². The molecule has 6 heteroatoms. The van der Waals surface area contributed by atoms with Crippen molar-refractivity contribution < 1.29 is 13.9 Å². The van der Waals surface area contributed by atoms with Crippen LogP contribution in [0, 0.1) is 13.8 Å². The summed E-state index contributed by atoms with van der Waals surface area (Å²) in [5.41, 5.74) is 3.74. The van der Waals surface area contributed by atoms with Crippen LogP contribution in [0.4, 0.5) is 0 Å². The monoisotopic (exact) mass is 420 g/mol. The summed E-state index contributed by atoms with van der Waals surface area (Å²) in [6.07, 6.45) is 2.35. The second kappa shape index (κ2) is 9.60. The van der Waals surface area contributed by atoms with Gasteiger partial charge in [-0.2, -0.15) is 0 Å². The zero-order chi connectivity index (χ0) is 22.5. The maximum atomic E-state index is 12.8. The van der Waals surface area contributed by atoms with E-state index in [-0.39, 0.29) is 12.3 Å². The summed E-state index contributed by atoms with van der Waals surface area (Å²) in [4.78, 5) is 31.4. The number of aromatic nitrogens is 1. The molecule has 1 aromatic carbocycles. The van der Waals surface area contributed by atoms with Crippen LogP contribution < -0.4 is 10.4 Å². The molecule has 0 spiro atoms. The smallest absolute Gasteiger partial charge is 0.340 e. The number of hydrogen-bond donors (Lipinski definition) is 0. The summed E-state index contributed by atoms with van der Waals surface area (Å²) in [5, 5.41) is 0.713. The summed E-state index contributed by atoms with van der Waals surface area (Å²) in [6.45, 7) is 10.4. The second-order valence-corrected chi connectivity index (χ2v) is 7.94. The first-order chi connectivity index (χ1) is 14.8. The number of hydrogen-bond acceptors (Lipinski definition) is 5. The fourth-order valence-corrected chi connectivity index (χ4v) is 3.40. The first-order valence-corrected chi connectivity index (χ1v) is 10.2. The number of carbonyl (C=O) groups excluding carboxylic acids is 1. The van der Waals surface area contributed by atoms with Crippen LogP contribution >= 0.6 is 0 Å². The van der Waals surface area contributed by atoms with E-state index in [2.05, 4.69) is 11.6 Å². The topological polar surface area (TPSA) is 72.6 Å². The lowest BCUT2D eigenvalue weighted by Crippen LogP contribution is -2.32. The normalized spacial score (nSPS) is 10.8. The number of fused-ring (bicyclic) bond motifs is 1. The van der Waals surface area contributed by atoms with Gasteiger partial charge in [0.2, 0.25) is 5.91 Å². The van der Waals surface area contributed by atoms with Crippen LogP contribution in [0.25, 0.3) is 11.0 Å². The van der Waals surface area contributed by atoms with Gasteiger partial charge < -0.3 is 14.1 Å². The molecule has 6 nitrogen and oxygen atoms in total. The van der Waals surface area contributed by atoms with E-state index in [0.717, 1.165) is 16.8 Å². The minimum Gasteiger partial charge on any atom is -0.488 e. The van der Waals surface area contributed by atoms with Gasteiger partial charge in [-0.15, -0.1) is 0 Å². The molecule has 0 fully saturated rings. The predicted octanol–water partition coefficient (Wildman–Crippen LogP) is 4.00. The Morgan fingerprint density at radius 3 is 2.71 bits per heavy atom. The molecule has 2 aromatic heterocycles. The van der Waals surface area contributed by atoms with Crippen molar-refractivity contribution in [3.8, 4) is 5.75 Å². The van der Waals surface area contributed by atoms with Crippen molar-refractivity contribution in [1.29, 1.82) is 0 Å². The lowest BCUT2D eigenvalue weighted by atomic mass is 10.0. The van der Waals surface area contributed by atoms with Crippen LogP contribution in [0.1, 0.15) is 29.3 Å². The third kappa shape index (κ3) is 5.40. The molecule has 31 heavy (non-hydrogen) atoms. The molecule has 0 aliphatic carbocycles. The van der Waals surface area contributed by atoms with Crippen molar-refractivity contribution in [2.24, 2.45) is 0 Å². The summed E-state index contributed by atoms with van der Waals surface area (Å²) in [7, 11) is 1.73. The van der Waals surface area contributed by atoms with Gasteiger partial charge in [0, 0.05) is 31.9 Å². The highest BCUT2D eigenvalue weighted by Crippen LogP contribution is 2.31. The van der Waals surface area contributed by atoms with E-state index < -0.39 is 5.63 Å². The molecule has 162 valence electrons. The number of rotatable bonds is 8. The number of benzene rings is 1. The molecule has 0 atom stereocenters. The number of ether oxygens (including phenoxy) is 1. The number of amides is 1. The van der Waals surface area contributed by atoms with Gasteiger partial charge in [-0.1, -0.05) is 12.6 Å². The fourth-order valence-electron chi connectivity index (χ4n) is 3.40. The van der Waals surface area contributed by atoms with Crippen LogP contribution in [-0.2, 0) is 17.6 Å². The molecular weight excluding hydrogens is 392 g/mol. The molecule has 0 radical (unpaired) electrons. The van der Waals surface area contributed by atoms with E-state index >= 15 is 0 Å². The summed E-state index contributed by atoms with van der Waals surface area (Å²) >= 11 is 0. The molecule has 0 unspecified atom stereocenters. The number of pyridine rings is 1. The highest BCUT2D eigenvalue weighted by atomic mass is 16.5. The van der Waals surface area contributed by atoms with Crippen LogP contribution in [0.2, 0.25) is 0 Å². The number of likely N-dealkylation sites (N-methyl/N-ethyl adjacent to an activating group) is 1. The van der Waals surface area contributed by atoms with E-state index in [4.69, 9.17) is 9.15 Å². The van der Waals surface area contributed by atoms with Gasteiger partial charge in [-0.25, -0.2) is 4.79 Å². The Balaban J connectivity index is 1.86. The average Bonchev–Trinajstić information content (AvgIpc) is 2.73. The van der Waals surface area contributed by atoms with Gasteiger partial charge in [-0.05, 0) is 61.7 Å². The standard InChI is InChI=1S/C25H28N2O4/c1-16(2)15-30-21-12-17(3)13-22-24(21)18(4)20(25(29)31-22)14-23(28)27(5)11-9-19-8-6-7-10-26-19/h6-8,10,12-13H,1,9,11,14-15H2,2-5H3. The molecule has 0 saturated carbocycles. The van der Waals surface area contributed by atoms with E-state index in [1.165, 1.54) is 0 Å². The molecule has 0 aliphatic heterocycles. The van der Waals surface area contributed by atoms with E-state index in [9.17, 15) is 9.59 Å². The molecule has 1 amide bonds. The van der Waals surface area contributed by atoms with Gasteiger partial charge in [-0.3, -0.25) is 9.78 Å². The molecule has 2 heterocycles. The third-order valence-corrected chi connectivity index (χ3v) is 5.14. The summed E-state index contributed by atoms with van der Waals surface area (Å²) in [5.74, 6) is 0.471. The Labute approximate surface area is 182 Å². The van der Waals surface area contributed by atoms with E-state index in [1.807, 2.05) is 51.1 Å². The quantitative estimate of drug-likeness (QED) is 0.407. The molecular formula is C25H28N2O4. The van der Waals surface area contributed by atoms with Gasteiger partial charge in [0.1, 0.15) is 17.9 Å². The molecule has 3 aromatic rings. The zero-order valence-electron chi connectivity index (χ0n) is 18.5. The molecule has 0 aliphatic rings. The minimum absolute atomic E-state index is 0.0311. The van der Waals surface area contributed by atoms with Crippen molar-refractivity contribution in [2.45, 2.75) is 33.6 Å². The highest BCUT2D eigenvalue weighted by Gasteiger charge is 2.20. The Hall–Kier alpha value is -3.41. The lowest BCUT2D eigenvalue weighted by Gasteiger charge is -2.18. The van der Waals surface area contributed by atoms with Gasteiger partial charge in [0.05, 0.1) is 17.4 Å². The third-order valence-electron chi connectivity index (χ3n) is 5.14. The van der Waals surface area contributed by atoms with E-state index in [1.54, 1.807) is 18.1 Å². The van der Waals surface area contributed by atoms with Crippen molar-refractivity contribution in [2.75, 3.05) is 20.2 Å². The van der Waals surface area contributed by atoms with Gasteiger partial charge in [0.25, 0.3) is 0 Å². The van der Waals surface area contributed by atoms with Crippen LogP contribution in [0.5, 0.6) is 5.75 Å². The molecule has 0 N–H and O–H groups in total. The van der Waals surface area contributed by atoms with Crippen molar-refractivity contribution in [3.63, 3.8) is 0 Å². The number of nitrogens with zero attached hydrogens (tertiary/aromatic N) is 2. The molecule has 3 rings (SSSR count). The second-order valence-electron chi connectivity index (χ2n) is 7.94. The first kappa shape index (κ1) is 22.3. The summed E-state index contributed by atoms with van der Waals surface area (Å²) in [6, 6.07) is 9.42. The van der Waals surface area contributed by atoms with Crippen molar-refractivity contribution >= 4 is 16.9 Å². The maximum absolute atomic E-state index is 12.8. The van der Waals surface area contributed by atoms with Gasteiger partial charge in [0.15, 0.2) is 0 Å². The zero-order valence-corrected chi connectivity index (χ0v) is 18.5. The SMILES string of the molecule is C=C(C)COc1cc(C)cc2oc(=O)c(CC(=O)N(C)CCc3ccccn3)c(C)c12. The predicted molar refractivity (Wildman–Crippen MR) is 122 cm³/mol. The van der Waals surface area contributed by atoms with E-state index in [0.29, 0.717) is 47.4 Å². The first-order valence-electron chi connectivity index (χ1n) is 10.2. The van der Waals surface area contributed by atoms with Crippen LogP contribution in [-0.4, -0.2) is 36.0 Å². The molecule has 0 bridgehead atoms. The largest absolute Gasteiger partial charge is 0.488 e. The van der Waals surface area contributed by atoms with Crippen molar-refractivity contribution in [3.05, 3.63) is 81.5 Å². The van der Waals surface area contributed by atoms with Crippen LogP contribution in [0.15, 0.2) is 57.9 Å². The number of carbonyl (C=O) groups is 1. The Bertz CT molecular complexity index is 1170. The Morgan fingerprint density at radius 1 is 1.26 bits per heavy atom.